The highest BCUT2D eigenvalue weighted by Crippen LogP contribution is 2.23. The lowest BCUT2D eigenvalue weighted by Crippen LogP contribution is -1.97. The van der Waals surface area contributed by atoms with Gasteiger partial charge in [0, 0.05) is 0 Å². The van der Waals surface area contributed by atoms with Crippen molar-refractivity contribution in [3.05, 3.63) is 33.8 Å². The third-order valence-electron chi connectivity index (χ3n) is 2.46. The summed E-state index contributed by atoms with van der Waals surface area (Å²) in [6.07, 6.45) is 3.46. The summed E-state index contributed by atoms with van der Waals surface area (Å²) < 4.78 is 0. The molecule has 0 heterocycles. The topological polar surface area (TPSA) is 32.6 Å². The van der Waals surface area contributed by atoms with Crippen LogP contribution in [0.1, 0.15) is 31.7 Å². The van der Waals surface area contributed by atoms with E-state index in [9.17, 15) is 0 Å². The van der Waals surface area contributed by atoms with Gasteiger partial charge in [-0.1, -0.05) is 41.3 Å². The van der Waals surface area contributed by atoms with E-state index in [1.54, 1.807) is 6.07 Å². The number of hydrogen-bond donors (Lipinski definition) is 1. The van der Waals surface area contributed by atoms with Crippen LogP contribution in [0.15, 0.2) is 23.4 Å². The molecule has 0 aliphatic heterocycles. The predicted molar refractivity (Wildman–Crippen MR) is 68.9 cm³/mol. The number of oxime groups is 1. The summed E-state index contributed by atoms with van der Waals surface area (Å²) in [6, 6.07) is 5.65. The Morgan fingerprint density at radius 1 is 1.31 bits per heavy atom. The van der Waals surface area contributed by atoms with E-state index in [1.165, 1.54) is 0 Å². The highest BCUT2D eigenvalue weighted by Gasteiger charge is 2.01. The molecule has 1 N–H and O–H groups in total. The van der Waals surface area contributed by atoms with Gasteiger partial charge >= 0.3 is 0 Å². The first-order valence-corrected chi connectivity index (χ1v) is 6.06. The molecule has 88 valence electrons. The van der Waals surface area contributed by atoms with Crippen molar-refractivity contribution < 1.29 is 5.21 Å². The second-order valence-corrected chi connectivity index (χ2v) is 4.44. The molecule has 0 atom stereocenters. The van der Waals surface area contributed by atoms with E-state index < -0.39 is 0 Å². The summed E-state index contributed by atoms with van der Waals surface area (Å²) in [5.74, 6) is 0. The Morgan fingerprint density at radius 3 is 2.62 bits per heavy atom. The van der Waals surface area contributed by atoms with Crippen LogP contribution in [0, 0.1) is 0 Å². The first-order valence-electron chi connectivity index (χ1n) is 5.31. The Hall–Kier alpha value is -0.730. The van der Waals surface area contributed by atoms with Crippen LogP contribution in [0.5, 0.6) is 0 Å². The molecule has 0 amide bonds. The van der Waals surface area contributed by atoms with Crippen molar-refractivity contribution >= 4 is 28.9 Å². The number of aryl methyl sites for hydroxylation is 1. The number of benzene rings is 1. The second-order valence-electron chi connectivity index (χ2n) is 3.62. The SMILES string of the molecule is CCC(CCCc1ccc(Cl)c(Cl)c1)=NO. The van der Waals surface area contributed by atoms with Crippen molar-refractivity contribution in [2.45, 2.75) is 32.6 Å². The summed E-state index contributed by atoms with van der Waals surface area (Å²) in [4.78, 5) is 0. The van der Waals surface area contributed by atoms with Gasteiger partial charge in [0.05, 0.1) is 15.8 Å². The van der Waals surface area contributed by atoms with Gasteiger partial charge in [0.2, 0.25) is 0 Å². The summed E-state index contributed by atoms with van der Waals surface area (Å²) in [7, 11) is 0. The van der Waals surface area contributed by atoms with E-state index in [0.717, 1.165) is 37.0 Å². The van der Waals surface area contributed by atoms with Crippen molar-refractivity contribution in [3.63, 3.8) is 0 Å². The van der Waals surface area contributed by atoms with E-state index in [-0.39, 0.29) is 0 Å². The van der Waals surface area contributed by atoms with Crippen molar-refractivity contribution in [1.29, 1.82) is 0 Å². The van der Waals surface area contributed by atoms with Crippen molar-refractivity contribution in [2.24, 2.45) is 5.16 Å². The Bertz CT molecular complexity index is 377. The van der Waals surface area contributed by atoms with Gasteiger partial charge < -0.3 is 5.21 Å². The van der Waals surface area contributed by atoms with Crippen LogP contribution >= 0.6 is 23.2 Å². The fourth-order valence-corrected chi connectivity index (χ4v) is 1.81. The fraction of sp³-hybridized carbons (Fsp3) is 0.417. The average molecular weight is 260 g/mol. The zero-order valence-corrected chi connectivity index (χ0v) is 10.7. The molecule has 0 unspecified atom stereocenters. The number of hydrogen-bond acceptors (Lipinski definition) is 2. The summed E-state index contributed by atoms with van der Waals surface area (Å²) in [5, 5.41) is 13.1. The lowest BCUT2D eigenvalue weighted by Gasteiger charge is -2.04. The van der Waals surface area contributed by atoms with E-state index in [1.807, 2.05) is 19.1 Å². The van der Waals surface area contributed by atoms with Crippen LogP contribution in [0.25, 0.3) is 0 Å². The van der Waals surface area contributed by atoms with Gasteiger partial charge in [0.25, 0.3) is 0 Å². The molecule has 0 bridgehead atoms. The Kier molecular flexibility index (Phi) is 5.64. The van der Waals surface area contributed by atoms with E-state index in [2.05, 4.69) is 5.16 Å². The molecule has 0 fully saturated rings. The molecule has 16 heavy (non-hydrogen) atoms. The quantitative estimate of drug-likeness (QED) is 0.470. The third-order valence-corrected chi connectivity index (χ3v) is 3.20. The maximum absolute atomic E-state index is 8.65. The van der Waals surface area contributed by atoms with Crippen LogP contribution in [0.4, 0.5) is 0 Å². The van der Waals surface area contributed by atoms with Gasteiger partial charge in [-0.25, -0.2) is 0 Å². The van der Waals surface area contributed by atoms with Gasteiger partial charge in [-0.2, -0.15) is 0 Å². The first-order chi connectivity index (χ1) is 7.67. The fourth-order valence-electron chi connectivity index (χ4n) is 1.49. The first kappa shape index (κ1) is 13.3. The monoisotopic (exact) mass is 259 g/mol. The van der Waals surface area contributed by atoms with Crippen LogP contribution in [0.3, 0.4) is 0 Å². The van der Waals surface area contributed by atoms with Crippen LogP contribution in [-0.4, -0.2) is 10.9 Å². The average Bonchev–Trinajstić information content (AvgIpc) is 2.29. The molecule has 0 aromatic heterocycles. The molecule has 4 heteroatoms. The Morgan fingerprint density at radius 2 is 2.06 bits per heavy atom. The maximum Gasteiger partial charge on any atom is 0.0595 e. The smallest absolute Gasteiger partial charge is 0.0595 e. The number of nitrogens with zero attached hydrogens (tertiary/aromatic N) is 1. The molecular formula is C12H15Cl2NO. The van der Waals surface area contributed by atoms with Crippen LogP contribution in [-0.2, 0) is 6.42 Å². The molecule has 2 nitrogen and oxygen atoms in total. The van der Waals surface area contributed by atoms with Crippen LogP contribution < -0.4 is 0 Å². The molecule has 0 spiro atoms. The predicted octanol–water partition coefficient (Wildman–Crippen LogP) is 4.56. The highest BCUT2D eigenvalue weighted by atomic mass is 35.5. The standard InChI is InChI=1S/C12H15Cl2NO/c1-2-10(15-16)5-3-4-9-6-7-11(13)12(14)8-9/h6-8,16H,2-5H2,1H3. The molecule has 1 aromatic rings. The summed E-state index contributed by atoms with van der Waals surface area (Å²) in [5.41, 5.74) is 1.99. The number of rotatable bonds is 5. The third kappa shape index (κ3) is 4.03. The second kappa shape index (κ2) is 6.77. The molecule has 0 saturated carbocycles. The molecule has 0 radical (unpaired) electrons. The molecular weight excluding hydrogens is 245 g/mol. The van der Waals surface area contributed by atoms with Gasteiger partial charge in [0.15, 0.2) is 0 Å². The summed E-state index contributed by atoms with van der Waals surface area (Å²) >= 11 is 11.7. The molecule has 0 aliphatic carbocycles. The van der Waals surface area contributed by atoms with Crippen molar-refractivity contribution in [2.75, 3.05) is 0 Å². The normalized spacial score (nSPS) is 11.8. The lowest BCUT2D eigenvalue weighted by atomic mass is 10.1. The van der Waals surface area contributed by atoms with Gasteiger partial charge in [-0.05, 0) is 43.4 Å². The molecule has 0 aliphatic rings. The van der Waals surface area contributed by atoms with Gasteiger partial charge in [-0.3, -0.25) is 0 Å². The largest absolute Gasteiger partial charge is 0.411 e. The lowest BCUT2D eigenvalue weighted by molar-refractivity contribution is 0.316. The Labute approximate surface area is 106 Å². The van der Waals surface area contributed by atoms with Gasteiger partial charge in [-0.15, -0.1) is 0 Å². The zero-order valence-electron chi connectivity index (χ0n) is 9.21. The molecule has 1 aromatic carbocycles. The summed E-state index contributed by atoms with van der Waals surface area (Å²) in [6.45, 7) is 1.98. The van der Waals surface area contributed by atoms with Gasteiger partial charge in [0.1, 0.15) is 0 Å². The molecule has 1 rings (SSSR count). The van der Waals surface area contributed by atoms with E-state index in [0.29, 0.717) is 10.0 Å². The van der Waals surface area contributed by atoms with Crippen LogP contribution in [0.2, 0.25) is 10.0 Å². The Balaban J connectivity index is 2.46. The maximum atomic E-state index is 8.65. The van der Waals surface area contributed by atoms with Crippen molar-refractivity contribution in [1.82, 2.24) is 0 Å². The minimum Gasteiger partial charge on any atom is -0.411 e. The zero-order chi connectivity index (χ0) is 12.0. The minimum absolute atomic E-state index is 0.580. The van der Waals surface area contributed by atoms with Crippen molar-refractivity contribution in [3.8, 4) is 0 Å². The number of halogens is 2. The highest BCUT2D eigenvalue weighted by molar-refractivity contribution is 6.42. The molecule has 0 saturated heterocycles. The van der Waals surface area contributed by atoms with E-state index >= 15 is 0 Å². The van der Waals surface area contributed by atoms with E-state index in [4.69, 9.17) is 28.4 Å². The minimum atomic E-state index is 0.580.